The third-order valence-corrected chi connectivity index (χ3v) is 2.16. The second kappa shape index (κ2) is 6.12. The van der Waals surface area contributed by atoms with Crippen molar-refractivity contribution < 1.29 is 19.8 Å². The van der Waals surface area contributed by atoms with E-state index in [4.69, 9.17) is 10.2 Å². The maximum absolute atomic E-state index is 10.9. The molecular formula is C9H13ClN2O4. The molecule has 1 heterocycles. The molecule has 2 atom stereocenters. The number of hydrogen-bond acceptors (Lipinski definition) is 3. The molecule has 0 fully saturated rings. The average molecular weight is 249 g/mol. The number of carboxylic acid groups (broad SMARTS) is 2. The highest BCUT2D eigenvalue weighted by Gasteiger charge is 2.27. The van der Waals surface area contributed by atoms with Crippen molar-refractivity contribution in [1.29, 1.82) is 0 Å². The first kappa shape index (κ1) is 14.4. The minimum absolute atomic E-state index is 0. The predicted molar refractivity (Wildman–Crippen MR) is 57.6 cm³/mol. The van der Waals surface area contributed by atoms with E-state index in [0.29, 0.717) is 0 Å². The number of aromatic nitrogens is 2. The molecule has 0 bridgehead atoms. The summed E-state index contributed by atoms with van der Waals surface area (Å²) in [6.45, 7) is 1.47. The van der Waals surface area contributed by atoms with E-state index in [1.807, 2.05) is 0 Å². The molecule has 0 saturated heterocycles. The van der Waals surface area contributed by atoms with Crippen LogP contribution in [-0.4, -0.2) is 32.1 Å². The van der Waals surface area contributed by atoms with Crippen LogP contribution in [0.4, 0.5) is 0 Å². The lowest BCUT2D eigenvalue weighted by molar-refractivity contribution is -0.143. The van der Waals surface area contributed by atoms with Crippen LogP contribution in [0.2, 0.25) is 0 Å². The van der Waals surface area contributed by atoms with Gasteiger partial charge in [0.15, 0.2) is 0 Å². The van der Waals surface area contributed by atoms with E-state index in [1.165, 1.54) is 19.3 Å². The summed E-state index contributed by atoms with van der Waals surface area (Å²) in [6, 6.07) is 0. The van der Waals surface area contributed by atoms with Gasteiger partial charge < -0.3 is 15.2 Å². The third kappa shape index (κ3) is 3.54. The van der Waals surface area contributed by atoms with Crippen molar-refractivity contribution in [2.24, 2.45) is 5.92 Å². The minimum atomic E-state index is -1.07. The van der Waals surface area contributed by atoms with Gasteiger partial charge in [-0.2, -0.15) is 0 Å². The number of rotatable bonds is 5. The Morgan fingerprint density at radius 3 is 2.44 bits per heavy atom. The Hall–Kier alpha value is -1.56. The van der Waals surface area contributed by atoms with Gasteiger partial charge in [0, 0.05) is 12.4 Å². The zero-order valence-corrected chi connectivity index (χ0v) is 9.40. The van der Waals surface area contributed by atoms with Gasteiger partial charge in [-0.25, -0.2) is 4.98 Å². The molecule has 0 amide bonds. The molecule has 0 aliphatic carbocycles. The largest absolute Gasteiger partial charge is 0.481 e. The summed E-state index contributed by atoms with van der Waals surface area (Å²) < 4.78 is 0. The van der Waals surface area contributed by atoms with Crippen molar-refractivity contribution in [2.75, 3.05) is 0 Å². The Morgan fingerprint density at radius 1 is 1.44 bits per heavy atom. The average Bonchev–Trinajstić information content (AvgIpc) is 2.65. The molecule has 1 aromatic rings. The fraction of sp³-hybridized carbons (Fsp3) is 0.444. The number of imidazole rings is 1. The zero-order valence-electron chi connectivity index (χ0n) is 8.58. The molecule has 0 radical (unpaired) electrons. The van der Waals surface area contributed by atoms with Crippen LogP contribution in [-0.2, 0) is 9.59 Å². The monoisotopic (exact) mass is 248 g/mol. The maximum Gasteiger partial charge on any atom is 0.314 e. The van der Waals surface area contributed by atoms with Crippen LogP contribution in [0, 0.1) is 5.92 Å². The highest BCUT2D eigenvalue weighted by atomic mass is 35.5. The highest BCUT2D eigenvalue weighted by molar-refractivity contribution is 5.85. The van der Waals surface area contributed by atoms with E-state index < -0.39 is 23.8 Å². The fourth-order valence-electron chi connectivity index (χ4n) is 1.25. The molecule has 90 valence electrons. The number of carboxylic acids is 2. The molecule has 0 aromatic carbocycles. The maximum atomic E-state index is 10.9. The summed E-state index contributed by atoms with van der Waals surface area (Å²) in [7, 11) is 0. The van der Waals surface area contributed by atoms with Crippen LogP contribution in [0.3, 0.4) is 0 Å². The van der Waals surface area contributed by atoms with Crippen LogP contribution in [0.25, 0.3) is 0 Å². The van der Waals surface area contributed by atoms with E-state index in [1.54, 1.807) is 0 Å². The van der Waals surface area contributed by atoms with Crippen molar-refractivity contribution in [1.82, 2.24) is 9.97 Å². The Bertz CT molecular complexity index is 352. The van der Waals surface area contributed by atoms with Crippen molar-refractivity contribution in [2.45, 2.75) is 19.3 Å². The third-order valence-electron chi connectivity index (χ3n) is 2.16. The summed E-state index contributed by atoms with van der Waals surface area (Å²) >= 11 is 0. The van der Waals surface area contributed by atoms with Crippen LogP contribution in [0.5, 0.6) is 0 Å². The van der Waals surface area contributed by atoms with Gasteiger partial charge in [-0.15, -0.1) is 12.4 Å². The summed E-state index contributed by atoms with van der Waals surface area (Å²) in [5.74, 6) is -3.40. The number of halogens is 1. The Labute approximate surface area is 98.1 Å². The molecule has 2 unspecified atom stereocenters. The predicted octanol–water partition coefficient (Wildman–Crippen LogP) is 1.11. The van der Waals surface area contributed by atoms with Gasteiger partial charge in [0.05, 0.1) is 5.92 Å². The molecule has 0 saturated carbocycles. The number of hydrogen-bond donors (Lipinski definition) is 3. The summed E-state index contributed by atoms with van der Waals surface area (Å²) in [5, 5.41) is 17.6. The van der Waals surface area contributed by atoms with E-state index in [-0.39, 0.29) is 24.7 Å². The van der Waals surface area contributed by atoms with Crippen molar-refractivity contribution in [3.05, 3.63) is 18.2 Å². The smallest absolute Gasteiger partial charge is 0.314 e. The van der Waals surface area contributed by atoms with Crippen LogP contribution >= 0.6 is 12.4 Å². The fourth-order valence-corrected chi connectivity index (χ4v) is 1.25. The molecule has 0 aliphatic rings. The normalized spacial score (nSPS) is 13.6. The lowest BCUT2D eigenvalue weighted by Gasteiger charge is -2.12. The lowest BCUT2D eigenvalue weighted by Crippen LogP contribution is -2.20. The van der Waals surface area contributed by atoms with E-state index in [2.05, 4.69) is 9.97 Å². The van der Waals surface area contributed by atoms with Crippen LogP contribution < -0.4 is 0 Å². The zero-order chi connectivity index (χ0) is 11.4. The second-order valence-corrected chi connectivity index (χ2v) is 3.34. The number of aliphatic carboxylic acids is 2. The first-order valence-electron chi connectivity index (χ1n) is 4.47. The molecule has 1 rings (SSSR count). The van der Waals surface area contributed by atoms with Gasteiger partial charge in [0.1, 0.15) is 11.7 Å². The second-order valence-electron chi connectivity index (χ2n) is 3.34. The molecule has 0 aliphatic heterocycles. The van der Waals surface area contributed by atoms with E-state index in [0.717, 1.165) is 0 Å². The summed E-state index contributed by atoms with van der Waals surface area (Å²) in [6.07, 6.45) is 2.98. The quantitative estimate of drug-likeness (QED) is 0.724. The topological polar surface area (TPSA) is 103 Å². The Balaban J connectivity index is 0.00000225. The van der Waals surface area contributed by atoms with Crippen LogP contribution in [0.15, 0.2) is 12.4 Å². The SMILES string of the molecule is CC(CC(C(=O)O)c1ncc[nH]1)C(=O)O.Cl. The van der Waals surface area contributed by atoms with Gasteiger partial charge >= 0.3 is 11.9 Å². The molecule has 7 heteroatoms. The number of H-pyrrole nitrogens is 1. The summed E-state index contributed by atoms with van der Waals surface area (Å²) in [4.78, 5) is 28.0. The van der Waals surface area contributed by atoms with E-state index >= 15 is 0 Å². The lowest BCUT2D eigenvalue weighted by atomic mass is 9.95. The van der Waals surface area contributed by atoms with Crippen molar-refractivity contribution in [3.63, 3.8) is 0 Å². The Kier molecular flexibility index (Phi) is 5.52. The molecular weight excluding hydrogens is 236 g/mol. The van der Waals surface area contributed by atoms with Gasteiger partial charge in [-0.05, 0) is 6.42 Å². The molecule has 0 spiro atoms. The number of nitrogens with one attached hydrogen (secondary N) is 1. The molecule has 1 aromatic heterocycles. The van der Waals surface area contributed by atoms with Gasteiger partial charge in [-0.1, -0.05) is 6.92 Å². The number of nitrogens with zero attached hydrogens (tertiary/aromatic N) is 1. The minimum Gasteiger partial charge on any atom is -0.481 e. The first-order chi connectivity index (χ1) is 7.02. The van der Waals surface area contributed by atoms with Crippen LogP contribution in [0.1, 0.15) is 25.1 Å². The van der Waals surface area contributed by atoms with Crippen molar-refractivity contribution in [3.8, 4) is 0 Å². The standard InChI is InChI=1S/C9H12N2O4.ClH/c1-5(8(12)13)4-6(9(14)15)7-10-2-3-11-7;/h2-3,5-6H,4H2,1H3,(H,10,11)(H,12,13)(H,14,15);1H. The number of carbonyl (C=O) groups is 2. The molecule has 3 N–H and O–H groups in total. The number of aromatic amines is 1. The van der Waals surface area contributed by atoms with Gasteiger partial charge in [0.25, 0.3) is 0 Å². The Morgan fingerprint density at radius 2 is 2.06 bits per heavy atom. The van der Waals surface area contributed by atoms with Gasteiger partial charge in [0.2, 0.25) is 0 Å². The van der Waals surface area contributed by atoms with Gasteiger partial charge in [-0.3, -0.25) is 9.59 Å². The molecule has 16 heavy (non-hydrogen) atoms. The first-order valence-corrected chi connectivity index (χ1v) is 4.47. The summed E-state index contributed by atoms with van der Waals surface area (Å²) in [5.41, 5.74) is 0. The van der Waals surface area contributed by atoms with Crippen molar-refractivity contribution >= 4 is 24.3 Å². The highest BCUT2D eigenvalue weighted by Crippen LogP contribution is 2.21. The molecule has 6 nitrogen and oxygen atoms in total. The van der Waals surface area contributed by atoms with E-state index in [9.17, 15) is 9.59 Å².